The molecule has 0 bridgehead atoms. The van der Waals surface area contributed by atoms with Gasteiger partial charge in [0.05, 0.1) is 26.0 Å². The van der Waals surface area contributed by atoms with Crippen molar-refractivity contribution in [1.82, 2.24) is 15.1 Å². The maximum atomic E-state index is 13.4. The summed E-state index contributed by atoms with van der Waals surface area (Å²) in [5.41, 5.74) is 2.37. The maximum absolute atomic E-state index is 13.4. The highest BCUT2D eigenvalue weighted by Crippen LogP contribution is 2.31. The summed E-state index contributed by atoms with van der Waals surface area (Å²) in [6.45, 7) is 8.26. The Morgan fingerprint density at radius 2 is 1.86 bits per heavy atom. The molecule has 2 aromatic rings. The van der Waals surface area contributed by atoms with Crippen LogP contribution in [0.15, 0.2) is 24.3 Å². The second kappa shape index (κ2) is 9.11. The van der Waals surface area contributed by atoms with E-state index in [1.165, 1.54) is 0 Å². The molecule has 2 heterocycles. The summed E-state index contributed by atoms with van der Waals surface area (Å²) in [4.78, 5) is 17.6. The lowest BCUT2D eigenvalue weighted by molar-refractivity contribution is 0.0693. The van der Waals surface area contributed by atoms with E-state index in [-0.39, 0.29) is 11.9 Å². The smallest absolute Gasteiger partial charge is 0.254 e. The molecule has 1 atom stereocenters. The second-order valence-electron chi connectivity index (χ2n) is 7.43. The van der Waals surface area contributed by atoms with Gasteiger partial charge in [-0.15, -0.1) is 5.10 Å². The Bertz CT molecular complexity index is 829. The van der Waals surface area contributed by atoms with Gasteiger partial charge in [-0.25, -0.2) is 0 Å². The van der Waals surface area contributed by atoms with Crippen LogP contribution >= 0.6 is 0 Å². The van der Waals surface area contributed by atoms with Crippen molar-refractivity contribution >= 4 is 11.7 Å². The highest BCUT2D eigenvalue weighted by molar-refractivity contribution is 5.95. The average Bonchev–Trinajstić information content (AvgIpc) is 3.22. The number of nitrogens with zero attached hydrogens (tertiary/aromatic N) is 4. The first-order valence-corrected chi connectivity index (χ1v) is 10.1. The molecule has 1 aromatic heterocycles. The third kappa shape index (κ3) is 4.44. The highest BCUT2D eigenvalue weighted by Gasteiger charge is 2.32. The number of benzene rings is 1. The Labute approximate surface area is 172 Å². The van der Waals surface area contributed by atoms with E-state index in [2.05, 4.69) is 22.0 Å². The van der Waals surface area contributed by atoms with Crippen LogP contribution in [0.5, 0.6) is 11.5 Å². The predicted octanol–water partition coefficient (Wildman–Crippen LogP) is 3.24. The first-order valence-electron chi connectivity index (χ1n) is 10.1. The van der Waals surface area contributed by atoms with Gasteiger partial charge in [0.1, 0.15) is 11.5 Å². The molecule has 1 fully saturated rings. The maximum Gasteiger partial charge on any atom is 0.254 e. The van der Waals surface area contributed by atoms with Crippen molar-refractivity contribution in [2.45, 2.75) is 39.7 Å². The monoisotopic (exact) mass is 398 g/mol. The summed E-state index contributed by atoms with van der Waals surface area (Å²) < 4.78 is 10.9. The minimum Gasteiger partial charge on any atom is -0.496 e. The molecule has 3 rings (SSSR count). The zero-order valence-corrected chi connectivity index (χ0v) is 17.9. The summed E-state index contributed by atoms with van der Waals surface area (Å²) >= 11 is 0. The van der Waals surface area contributed by atoms with E-state index in [0.29, 0.717) is 23.6 Å². The van der Waals surface area contributed by atoms with Gasteiger partial charge in [0.25, 0.3) is 5.91 Å². The number of carbonyl (C=O) groups excluding carboxylic acids is 1. The van der Waals surface area contributed by atoms with Crippen LogP contribution in [0, 0.1) is 13.8 Å². The Balaban J connectivity index is 1.83. The number of hydrogen-bond donors (Lipinski definition) is 0. The van der Waals surface area contributed by atoms with Gasteiger partial charge in [0, 0.05) is 30.8 Å². The van der Waals surface area contributed by atoms with Gasteiger partial charge in [0.15, 0.2) is 5.82 Å². The van der Waals surface area contributed by atoms with E-state index < -0.39 is 0 Å². The largest absolute Gasteiger partial charge is 0.496 e. The Morgan fingerprint density at radius 3 is 2.41 bits per heavy atom. The number of aromatic nitrogens is 2. The molecular formula is C22H30N4O3. The fourth-order valence-electron chi connectivity index (χ4n) is 3.83. The van der Waals surface area contributed by atoms with E-state index in [0.717, 1.165) is 43.0 Å². The Hall–Kier alpha value is -2.83. The predicted molar refractivity (Wildman–Crippen MR) is 113 cm³/mol. The Morgan fingerprint density at radius 1 is 1.17 bits per heavy atom. The molecular weight excluding hydrogens is 368 g/mol. The Kier molecular flexibility index (Phi) is 6.56. The van der Waals surface area contributed by atoms with Crippen molar-refractivity contribution < 1.29 is 14.3 Å². The van der Waals surface area contributed by atoms with Gasteiger partial charge in [-0.05, 0) is 51.0 Å². The zero-order valence-electron chi connectivity index (χ0n) is 17.9. The number of ether oxygens (including phenoxy) is 2. The first kappa shape index (κ1) is 20.9. The molecule has 1 saturated heterocycles. The quantitative estimate of drug-likeness (QED) is 0.713. The van der Waals surface area contributed by atoms with E-state index >= 15 is 0 Å². The van der Waals surface area contributed by atoms with Crippen LogP contribution in [0.3, 0.4) is 0 Å². The van der Waals surface area contributed by atoms with Crippen LogP contribution in [0.2, 0.25) is 0 Å². The molecule has 0 N–H and O–H groups in total. The fraction of sp³-hybridized carbons (Fsp3) is 0.500. The van der Waals surface area contributed by atoms with Crippen molar-refractivity contribution in [2.75, 3.05) is 38.8 Å². The van der Waals surface area contributed by atoms with Gasteiger partial charge >= 0.3 is 0 Å². The summed E-state index contributed by atoms with van der Waals surface area (Å²) in [7, 11) is 3.22. The van der Waals surface area contributed by atoms with Gasteiger partial charge in [-0.1, -0.05) is 6.92 Å². The summed E-state index contributed by atoms with van der Waals surface area (Å²) in [5, 5.41) is 8.46. The molecule has 7 heteroatoms. The van der Waals surface area contributed by atoms with Gasteiger partial charge in [0.2, 0.25) is 0 Å². The summed E-state index contributed by atoms with van der Waals surface area (Å²) in [5.74, 6) is 2.19. The van der Waals surface area contributed by atoms with Gasteiger partial charge in [-0.3, -0.25) is 4.79 Å². The van der Waals surface area contributed by atoms with Crippen LogP contribution in [-0.2, 0) is 0 Å². The van der Waals surface area contributed by atoms with E-state index in [4.69, 9.17) is 9.47 Å². The molecule has 0 aliphatic carbocycles. The van der Waals surface area contributed by atoms with Crippen LogP contribution in [-0.4, -0.2) is 60.9 Å². The van der Waals surface area contributed by atoms with Gasteiger partial charge < -0.3 is 19.3 Å². The lowest BCUT2D eigenvalue weighted by Crippen LogP contribution is -2.42. The number of rotatable bonds is 7. The van der Waals surface area contributed by atoms with Crippen LogP contribution in [0.4, 0.5) is 5.82 Å². The number of amides is 1. The molecule has 156 valence electrons. The molecule has 1 aliphatic rings. The zero-order chi connectivity index (χ0) is 21.0. The summed E-state index contributed by atoms with van der Waals surface area (Å²) in [6, 6.07) is 7.70. The molecule has 1 aliphatic heterocycles. The van der Waals surface area contributed by atoms with Crippen LogP contribution in [0.1, 0.15) is 41.4 Å². The molecule has 7 nitrogen and oxygen atoms in total. The van der Waals surface area contributed by atoms with E-state index in [1.54, 1.807) is 26.4 Å². The van der Waals surface area contributed by atoms with Crippen molar-refractivity contribution in [3.8, 4) is 11.5 Å². The lowest BCUT2D eigenvalue weighted by atomic mass is 10.1. The standard InChI is InChI=1S/C22H30N4O3/c1-6-10-26(18-9-11-25(14-18)21-8-7-15(2)23-24-21)22(27)17-12-19(28-4)16(3)20(13-17)29-5/h7-8,12-13,18H,6,9-11,14H2,1-5H3. The molecule has 1 amide bonds. The number of aryl methyl sites for hydroxylation is 1. The molecule has 1 unspecified atom stereocenters. The first-order chi connectivity index (χ1) is 14.0. The molecule has 0 radical (unpaired) electrons. The number of hydrogen-bond acceptors (Lipinski definition) is 6. The third-order valence-corrected chi connectivity index (χ3v) is 5.44. The minimum absolute atomic E-state index is 0.00490. The number of methoxy groups -OCH3 is 2. The number of anilines is 1. The molecule has 1 aromatic carbocycles. The second-order valence-corrected chi connectivity index (χ2v) is 7.43. The molecule has 29 heavy (non-hydrogen) atoms. The fourth-order valence-corrected chi connectivity index (χ4v) is 3.83. The lowest BCUT2D eigenvalue weighted by Gasteiger charge is -2.29. The van der Waals surface area contributed by atoms with Crippen LogP contribution in [0.25, 0.3) is 0 Å². The SMILES string of the molecule is CCCN(C(=O)c1cc(OC)c(C)c(OC)c1)C1CCN(c2ccc(C)nn2)C1. The molecule has 0 saturated carbocycles. The number of carbonyl (C=O) groups is 1. The van der Waals surface area contributed by atoms with Gasteiger partial charge in [-0.2, -0.15) is 5.10 Å². The van der Waals surface area contributed by atoms with Crippen molar-refractivity contribution in [3.05, 3.63) is 41.1 Å². The topological polar surface area (TPSA) is 67.8 Å². The van der Waals surface area contributed by atoms with Crippen molar-refractivity contribution in [3.63, 3.8) is 0 Å². The highest BCUT2D eigenvalue weighted by atomic mass is 16.5. The average molecular weight is 399 g/mol. The third-order valence-electron chi connectivity index (χ3n) is 5.44. The molecule has 0 spiro atoms. The van der Waals surface area contributed by atoms with E-state index in [1.807, 2.05) is 30.9 Å². The van der Waals surface area contributed by atoms with E-state index in [9.17, 15) is 4.79 Å². The van der Waals surface area contributed by atoms with Crippen molar-refractivity contribution in [2.24, 2.45) is 0 Å². The van der Waals surface area contributed by atoms with Crippen molar-refractivity contribution in [1.29, 1.82) is 0 Å². The van der Waals surface area contributed by atoms with Crippen LogP contribution < -0.4 is 14.4 Å². The summed E-state index contributed by atoms with van der Waals surface area (Å²) in [6.07, 6.45) is 1.80. The normalized spacial score (nSPS) is 16.0. The minimum atomic E-state index is 0.00490.